The van der Waals surface area contributed by atoms with E-state index >= 15 is 0 Å². The number of halogens is 1. The average molecular weight is 272 g/mol. The van der Waals surface area contributed by atoms with Crippen LogP contribution in [0.4, 0.5) is 0 Å². The van der Waals surface area contributed by atoms with Crippen LogP contribution in [0.25, 0.3) is 22.0 Å². The topological polar surface area (TPSA) is 15.8 Å². The molecule has 0 unspecified atom stereocenters. The molecule has 0 aliphatic carbocycles. The largest absolute Gasteiger partial charge is 0.361 e. The molecule has 0 atom stereocenters. The van der Waals surface area contributed by atoms with Crippen molar-refractivity contribution in [1.29, 1.82) is 0 Å². The Labute approximate surface area is 102 Å². The molecule has 0 spiro atoms. The second kappa shape index (κ2) is 3.80. The monoisotopic (exact) mass is 271 g/mol. The predicted molar refractivity (Wildman–Crippen MR) is 71.4 cm³/mol. The van der Waals surface area contributed by atoms with E-state index in [0.717, 1.165) is 10.2 Å². The van der Waals surface area contributed by atoms with Gasteiger partial charge in [-0.1, -0.05) is 46.3 Å². The van der Waals surface area contributed by atoms with Gasteiger partial charge in [0.15, 0.2) is 0 Å². The van der Waals surface area contributed by atoms with E-state index in [9.17, 15) is 0 Å². The highest BCUT2D eigenvalue weighted by Gasteiger charge is 2.07. The number of hydrogen-bond acceptors (Lipinski definition) is 0. The van der Waals surface area contributed by atoms with Crippen molar-refractivity contribution in [1.82, 2.24) is 4.98 Å². The Bertz CT molecular complexity index is 626. The first-order chi connectivity index (χ1) is 7.86. The summed E-state index contributed by atoms with van der Waals surface area (Å²) in [5.74, 6) is 0. The molecular formula is C14H10BrN. The first kappa shape index (κ1) is 9.67. The van der Waals surface area contributed by atoms with Crippen molar-refractivity contribution < 1.29 is 0 Å². The van der Waals surface area contributed by atoms with E-state index in [1.807, 2.05) is 12.3 Å². The molecule has 0 saturated heterocycles. The van der Waals surface area contributed by atoms with E-state index in [1.165, 1.54) is 16.3 Å². The SMILES string of the molecule is Brc1ccc2ccccc2c1-c1ccc[nH]1. The highest BCUT2D eigenvalue weighted by Crippen LogP contribution is 2.34. The van der Waals surface area contributed by atoms with Gasteiger partial charge in [0.25, 0.3) is 0 Å². The molecule has 1 heterocycles. The molecule has 1 nitrogen and oxygen atoms in total. The van der Waals surface area contributed by atoms with Crippen LogP contribution in [0.15, 0.2) is 59.2 Å². The predicted octanol–water partition coefficient (Wildman–Crippen LogP) is 4.60. The highest BCUT2D eigenvalue weighted by molar-refractivity contribution is 9.10. The van der Waals surface area contributed by atoms with E-state index in [-0.39, 0.29) is 0 Å². The van der Waals surface area contributed by atoms with Gasteiger partial charge in [0.1, 0.15) is 0 Å². The quantitative estimate of drug-likeness (QED) is 0.666. The van der Waals surface area contributed by atoms with Gasteiger partial charge in [-0.05, 0) is 29.0 Å². The summed E-state index contributed by atoms with van der Waals surface area (Å²) in [6.45, 7) is 0. The van der Waals surface area contributed by atoms with Crippen molar-refractivity contribution >= 4 is 26.7 Å². The summed E-state index contributed by atoms with van der Waals surface area (Å²) < 4.78 is 1.12. The standard InChI is InChI=1S/C14H10BrN/c15-12-8-7-10-4-1-2-5-11(10)14(12)13-6-3-9-16-13/h1-9,16H. The van der Waals surface area contributed by atoms with Crippen LogP contribution in [0.3, 0.4) is 0 Å². The normalized spacial score (nSPS) is 10.8. The van der Waals surface area contributed by atoms with Gasteiger partial charge < -0.3 is 4.98 Å². The van der Waals surface area contributed by atoms with Gasteiger partial charge in [-0.2, -0.15) is 0 Å². The van der Waals surface area contributed by atoms with Gasteiger partial charge in [-0.15, -0.1) is 0 Å². The van der Waals surface area contributed by atoms with E-state index in [4.69, 9.17) is 0 Å². The summed E-state index contributed by atoms with van der Waals surface area (Å²) in [5.41, 5.74) is 2.37. The van der Waals surface area contributed by atoms with Crippen LogP contribution in [0, 0.1) is 0 Å². The molecule has 16 heavy (non-hydrogen) atoms. The summed E-state index contributed by atoms with van der Waals surface area (Å²) in [6, 6.07) is 16.8. The van der Waals surface area contributed by atoms with E-state index in [0.29, 0.717) is 0 Å². The lowest BCUT2D eigenvalue weighted by Crippen LogP contribution is -1.83. The summed E-state index contributed by atoms with van der Waals surface area (Å²) in [6.07, 6.45) is 1.95. The third kappa shape index (κ3) is 1.46. The lowest BCUT2D eigenvalue weighted by atomic mass is 10.0. The molecule has 0 saturated carbocycles. The minimum atomic E-state index is 1.12. The number of benzene rings is 2. The number of hydrogen-bond donors (Lipinski definition) is 1. The van der Waals surface area contributed by atoms with E-state index in [1.54, 1.807) is 0 Å². The van der Waals surface area contributed by atoms with Crippen LogP contribution >= 0.6 is 15.9 Å². The Morgan fingerprint density at radius 1 is 0.875 bits per heavy atom. The molecule has 1 aromatic heterocycles. The van der Waals surface area contributed by atoms with Crippen LogP contribution in [-0.2, 0) is 0 Å². The van der Waals surface area contributed by atoms with Gasteiger partial charge in [-0.25, -0.2) is 0 Å². The Morgan fingerprint density at radius 2 is 1.75 bits per heavy atom. The molecule has 0 fully saturated rings. The van der Waals surface area contributed by atoms with Crippen molar-refractivity contribution in [3.8, 4) is 11.3 Å². The fourth-order valence-electron chi connectivity index (χ4n) is 2.00. The van der Waals surface area contributed by atoms with Gasteiger partial charge in [-0.3, -0.25) is 0 Å². The van der Waals surface area contributed by atoms with Crippen LogP contribution < -0.4 is 0 Å². The number of nitrogens with one attached hydrogen (secondary N) is 1. The maximum atomic E-state index is 3.62. The fraction of sp³-hybridized carbons (Fsp3) is 0. The van der Waals surface area contributed by atoms with Crippen LogP contribution in [-0.4, -0.2) is 4.98 Å². The first-order valence-electron chi connectivity index (χ1n) is 5.17. The Kier molecular flexibility index (Phi) is 2.29. The molecule has 2 heteroatoms. The smallest absolute Gasteiger partial charge is 0.0471 e. The molecule has 78 valence electrons. The molecule has 0 radical (unpaired) electrons. The Morgan fingerprint density at radius 3 is 2.56 bits per heavy atom. The molecule has 0 aliphatic heterocycles. The van der Waals surface area contributed by atoms with Gasteiger partial charge >= 0.3 is 0 Å². The summed E-state index contributed by atoms with van der Waals surface area (Å²) >= 11 is 3.62. The second-order valence-corrected chi connectivity index (χ2v) is 4.58. The molecular weight excluding hydrogens is 262 g/mol. The molecule has 3 rings (SSSR count). The zero-order valence-electron chi connectivity index (χ0n) is 8.57. The molecule has 1 N–H and O–H groups in total. The third-order valence-corrected chi connectivity index (χ3v) is 3.41. The summed E-state index contributed by atoms with van der Waals surface area (Å²) in [7, 11) is 0. The highest BCUT2D eigenvalue weighted by atomic mass is 79.9. The lowest BCUT2D eigenvalue weighted by molar-refractivity contribution is 1.40. The Hall–Kier alpha value is -1.54. The number of aromatic amines is 1. The first-order valence-corrected chi connectivity index (χ1v) is 5.96. The minimum absolute atomic E-state index is 1.12. The summed E-state index contributed by atoms with van der Waals surface area (Å²) in [4.78, 5) is 3.26. The molecule has 0 aliphatic rings. The van der Waals surface area contributed by atoms with Crippen LogP contribution in [0.1, 0.15) is 0 Å². The Balaban J connectivity index is 2.42. The van der Waals surface area contributed by atoms with Crippen molar-refractivity contribution in [2.45, 2.75) is 0 Å². The lowest BCUT2D eigenvalue weighted by Gasteiger charge is -2.07. The van der Waals surface area contributed by atoms with Crippen LogP contribution in [0.2, 0.25) is 0 Å². The molecule has 0 bridgehead atoms. The van der Waals surface area contributed by atoms with Crippen molar-refractivity contribution in [2.75, 3.05) is 0 Å². The van der Waals surface area contributed by atoms with Crippen molar-refractivity contribution in [2.24, 2.45) is 0 Å². The zero-order valence-corrected chi connectivity index (χ0v) is 10.2. The third-order valence-electron chi connectivity index (χ3n) is 2.75. The van der Waals surface area contributed by atoms with Gasteiger partial charge in [0, 0.05) is 21.9 Å². The second-order valence-electron chi connectivity index (χ2n) is 3.73. The zero-order chi connectivity index (χ0) is 11.0. The van der Waals surface area contributed by atoms with Gasteiger partial charge in [0.05, 0.1) is 0 Å². The molecule has 0 amide bonds. The number of H-pyrrole nitrogens is 1. The van der Waals surface area contributed by atoms with Crippen molar-refractivity contribution in [3.63, 3.8) is 0 Å². The fourth-order valence-corrected chi connectivity index (χ4v) is 2.56. The maximum absolute atomic E-state index is 3.62. The molecule has 2 aromatic carbocycles. The average Bonchev–Trinajstić information content (AvgIpc) is 2.82. The number of fused-ring (bicyclic) bond motifs is 1. The molecule has 3 aromatic rings. The van der Waals surface area contributed by atoms with Crippen LogP contribution in [0.5, 0.6) is 0 Å². The summed E-state index contributed by atoms with van der Waals surface area (Å²) in [5, 5.41) is 2.52. The number of rotatable bonds is 1. The minimum Gasteiger partial charge on any atom is -0.361 e. The number of aromatic nitrogens is 1. The van der Waals surface area contributed by atoms with E-state index < -0.39 is 0 Å². The van der Waals surface area contributed by atoms with Crippen molar-refractivity contribution in [3.05, 3.63) is 59.2 Å². The van der Waals surface area contributed by atoms with Gasteiger partial charge in [0.2, 0.25) is 0 Å². The van der Waals surface area contributed by atoms with E-state index in [2.05, 4.69) is 63.4 Å². The maximum Gasteiger partial charge on any atom is 0.0471 e.